The first kappa shape index (κ1) is 32.6. The molecule has 0 aliphatic rings. The summed E-state index contributed by atoms with van der Waals surface area (Å²) in [5, 5.41) is 0. The predicted octanol–water partition coefficient (Wildman–Crippen LogP) is 12.2. The van der Waals surface area contributed by atoms with Gasteiger partial charge in [0, 0.05) is 53.7 Å². The molecule has 0 saturated carbocycles. The minimum absolute atomic E-state index is 0.948. The topological polar surface area (TPSA) is 0 Å². The molecular formula is C24H8BBr12-. The molecule has 0 aromatic heterocycles. The minimum Gasteiger partial charge on any atom is -0.193 e. The second-order valence-electron chi connectivity index (χ2n) is 8.06. The molecule has 192 valence electrons. The van der Waals surface area contributed by atoms with Crippen LogP contribution >= 0.6 is 191 Å². The SMILES string of the molecule is Brc1cc([B-](c2cc(Br)c(Br)c(Br)c2)(c2cc(Br)c(Br)c(Br)c2)c2cc(Br)c(Br)c(Br)c2)cc(Br)c1Br. The maximum absolute atomic E-state index is 3.78. The number of halogens is 12. The molecule has 0 bridgehead atoms. The van der Waals surface area contributed by atoms with Crippen LogP contribution in [0.25, 0.3) is 0 Å². The summed E-state index contributed by atoms with van der Waals surface area (Å²) in [6.07, 6.45) is -1.75. The molecule has 4 aromatic rings. The van der Waals surface area contributed by atoms with Gasteiger partial charge in [-0.1, -0.05) is 48.5 Å². The second-order valence-corrected chi connectivity index (χ2v) is 18.1. The van der Waals surface area contributed by atoms with Crippen LogP contribution in [0.3, 0.4) is 0 Å². The molecule has 0 N–H and O–H groups in total. The molecule has 0 unspecified atom stereocenters. The highest BCUT2D eigenvalue weighted by Gasteiger charge is 2.35. The third-order valence-electron chi connectivity index (χ3n) is 6.02. The Labute approximate surface area is 316 Å². The molecular weight excluding hydrogens is 1260 g/mol. The van der Waals surface area contributed by atoms with E-state index in [0.29, 0.717) is 0 Å². The second kappa shape index (κ2) is 13.1. The molecule has 0 heterocycles. The van der Waals surface area contributed by atoms with Crippen LogP contribution in [0, 0.1) is 0 Å². The highest BCUT2D eigenvalue weighted by atomic mass is 79.9. The van der Waals surface area contributed by atoms with Gasteiger partial charge in [-0.15, -0.1) is 0 Å². The quantitative estimate of drug-likeness (QED) is 0.141. The van der Waals surface area contributed by atoms with E-state index in [9.17, 15) is 0 Å². The lowest BCUT2D eigenvalue weighted by atomic mass is 9.13. The van der Waals surface area contributed by atoms with Crippen LogP contribution in [0.4, 0.5) is 0 Å². The van der Waals surface area contributed by atoms with Crippen molar-refractivity contribution in [2.45, 2.75) is 0 Å². The van der Waals surface area contributed by atoms with Gasteiger partial charge in [-0.3, -0.25) is 0 Å². The van der Waals surface area contributed by atoms with Gasteiger partial charge in [0.2, 0.25) is 0 Å². The summed E-state index contributed by atoms with van der Waals surface area (Å²) in [5.74, 6) is 0. The number of hydrogen-bond donors (Lipinski definition) is 0. The molecule has 37 heavy (non-hydrogen) atoms. The van der Waals surface area contributed by atoms with Crippen molar-refractivity contribution in [2.75, 3.05) is 0 Å². The fraction of sp³-hybridized carbons (Fsp3) is 0. The molecule has 4 rings (SSSR count). The van der Waals surface area contributed by atoms with Crippen molar-refractivity contribution < 1.29 is 0 Å². The van der Waals surface area contributed by atoms with E-state index in [1.807, 2.05) is 0 Å². The van der Waals surface area contributed by atoms with Crippen LogP contribution in [-0.2, 0) is 0 Å². The molecule has 0 nitrogen and oxygen atoms in total. The summed E-state index contributed by atoms with van der Waals surface area (Å²) < 4.78 is 11.4. The molecule has 0 spiro atoms. The van der Waals surface area contributed by atoms with Crippen molar-refractivity contribution in [1.82, 2.24) is 0 Å². The first-order valence-corrected chi connectivity index (χ1v) is 19.6. The Morgan fingerprint density at radius 3 is 0.541 bits per heavy atom. The van der Waals surface area contributed by atoms with Gasteiger partial charge in [-0.2, -0.15) is 21.9 Å². The number of benzene rings is 4. The summed E-state index contributed by atoms with van der Waals surface area (Å²) in [6.45, 7) is 0. The molecule has 0 amide bonds. The monoisotopic (exact) mass is 1250 g/mol. The smallest absolute Gasteiger partial charge is 0.108 e. The Hall–Kier alpha value is 2.70. The lowest BCUT2D eigenvalue weighted by molar-refractivity contribution is 1.51. The lowest BCUT2D eigenvalue weighted by Crippen LogP contribution is -2.75. The van der Waals surface area contributed by atoms with Gasteiger partial charge in [0.1, 0.15) is 6.15 Å². The van der Waals surface area contributed by atoms with Gasteiger partial charge in [-0.05, 0) is 191 Å². The highest BCUT2D eigenvalue weighted by Crippen LogP contribution is 2.36. The molecule has 0 aliphatic carbocycles. The summed E-state index contributed by atoms with van der Waals surface area (Å²) in [5.41, 5.74) is 4.46. The van der Waals surface area contributed by atoms with Crippen LogP contribution in [0.2, 0.25) is 0 Å². The maximum Gasteiger partial charge on any atom is 0.108 e. The largest absolute Gasteiger partial charge is 0.193 e. The van der Waals surface area contributed by atoms with Crippen LogP contribution in [-0.4, -0.2) is 6.15 Å². The van der Waals surface area contributed by atoms with Gasteiger partial charge in [0.25, 0.3) is 0 Å². The first-order valence-electron chi connectivity index (χ1n) is 10.0. The van der Waals surface area contributed by atoms with Gasteiger partial charge < -0.3 is 0 Å². The summed E-state index contributed by atoms with van der Waals surface area (Å²) in [6, 6.07) is 17.5. The molecule has 0 atom stereocenters. The highest BCUT2D eigenvalue weighted by molar-refractivity contribution is 9.15. The third kappa shape index (κ3) is 6.34. The normalized spacial score (nSPS) is 11.8. The van der Waals surface area contributed by atoms with Crippen LogP contribution in [0.5, 0.6) is 0 Å². The Morgan fingerprint density at radius 1 is 0.270 bits per heavy atom. The van der Waals surface area contributed by atoms with Crippen molar-refractivity contribution in [1.29, 1.82) is 0 Å². The Morgan fingerprint density at radius 2 is 0.405 bits per heavy atom. The van der Waals surface area contributed by atoms with E-state index in [4.69, 9.17) is 0 Å². The van der Waals surface area contributed by atoms with E-state index in [0.717, 1.165) is 75.5 Å². The molecule has 0 radical (unpaired) electrons. The predicted molar refractivity (Wildman–Crippen MR) is 202 cm³/mol. The molecule has 0 aliphatic heterocycles. The zero-order chi connectivity index (χ0) is 27.4. The van der Waals surface area contributed by atoms with E-state index < -0.39 is 6.15 Å². The van der Waals surface area contributed by atoms with Gasteiger partial charge >= 0.3 is 0 Å². The van der Waals surface area contributed by atoms with E-state index in [2.05, 4.69) is 240 Å². The summed E-state index contributed by atoms with van der Waals surface area (Å²) >= 11 is 45.1. The van der Waals surface area contributed by atoms with Gasteiger partial charge in [0.15, 0.2) is 0 Å². The Balaban J connectivity index is 2.33. The van der Waals surface area contributed by atoms with Gasteiger partial charge in [-0.25, -0.2) is 0 Å². The fourth-order valence-corrected chi connectivity index (χ4v) is 10.3. The van der Waals surface area contributed by atoms with Crippen LogP contribution < -0.4 is 21.9 Å². The van der Waals surface area contributed by atoms with Gasteiger partial charge in [0.05, 0.1) is 0 Å². The number of hydrogen-bond acceptors (Lipinski definition) is 0. The maximum atomic E-state index is 3.78. The lowest BCUT2D eigenvalue weighted by Gasteiger charge is -2.45. The van der Waals surface area contributed by atoms with Crippen molar-refractivity contribution in [3.8, 4) is 0 Å². The minimum atomic E-state index is -1.75. The fourth-order valence-electron chi connectivity index (χ4n) is 4.46. The molecule has 4 aromatic carbocycles. The van der Waals surface area contributed by atoms with E-state index in [-0.39, 0.29) is 0 Å². The van der Waals surface area contributed by atoms with Crippen molar-refractivity contribution in [2.24, 2.45) is 0 Å². The van der Waals surface area contributed by atoms with E-state index in [1.165, 1.54) is 0 Å². The summed E-state index contributed by atoms with van der Waals surface area (Å²) in [4.78, 5) is 0. The zero-order valence-corrected chi connectivity index (χ0v) is 36.8. The average molecular weight is 1270 g/mol. The van der Waals surface area contributed by atoms with Crippen molar-refractivity contribution in [3.05, 3.63) is 102 Å². The average Bonchev–Trinajstić information content (AvgIpc) is 2.83. The molecule has 13 heteroatoms. The Kier molecular flexibility index (Phi) is 11.6. The van der Waals surface area contributed by atoms with Crippen LogP contribution in [0.1, 0.15) is 0 Å². The summed E-state index contributed by atoms with van der Waals surface area (Å²) in [7, 11) is 0. The zero-order valence-electron chi connectivity index (χ0n) is 17.7. The van der Waals surface area contributed by atoms with Crippen LogP contribution in [0.15, 0.2) is 102 Å². The van der Waals surface area contributed by atoms with E-state index >= 15 is 0 Å². The Bertz CT molecular complexity index is 1240. The van der Waals surface area contributed by atoms with Crippen molar-refractivity contribution >= 4 is 219 Å². The van der Waals surface area contributed by atoms with Crippen molar-refractivity contribution in [3.63, 3.8) is 0 Å². The number of rotatable bonds is 4. The molecule has 0 fully saturated rings. The van der Waals surface area contributed by atoms with E-state index in [1.54, 1.807) is 0 Å². The first-order chi connectivity index (χ1) is 17.3. The standard InChI is InChI=1S/C24H8BBr12/c26-13-1-9(2-14(27)21(13)34)25(10-3-15(28)22(35)16(29)4-10,11-5-17(30)23(36)18(31)6-11)12-7-19(32)24(37)20(33)8-12/h1-8H/q-1. The third-order valence-corrected chi connectivity index (χ3v) is 18.7. The molecule has 0 saturated heterocycles.